The normalized spacial score (nSPS) is 11.2. The van der Waals surface area contributed by atoms with E-state index in [-0.39, 0.29) is 12.0 Å². The Hall–Kier alpha value is -4.09. The Bertz CT molecular complexity index is 1010. The number of guanidine groups is 1. The van der Waals surface area contributed by atoms with Crippen LogP contribution in [-0.2, 0) is 22.6 Å². The van der Waals surface area contributed by atoms with Crippen molar-refractivity contribution in [1.29, 1.82) is 0 Å². The minimum atomic E-state index is -5.08. The largest absolute Gasteiger partial charge is 0.490 e. The van der Waals surface area contributed by atoms with E-state index < -0.39 is 24.3 Å². The quantitative estimate of drug-likeness (QED) is 0.134. The third kappa shape index (κ3) is 17.1. The summed E-state index contributed by atoms with van der Waals surface area (Å²) in [7, 11) is 0. The summed E-state index contributed by atoms with van der Waals surface area (Å²) >= 11 is 1.47. The molecular weight excluding hydrogens is 538 g/mol. The number of nitrogens with zero attached hydrogens (tertiary/aromatic N) is 2. The molecule has 0 unspecified atom stereocenters. The van der Waals surface area contributed by atoms with Gasteiger partial charge in [-0.05, 0) is 18.4 Å². The molecule has 0 saturated heterocycles. The van der Waals surface area contributed by atoms with Crippen molar-refractivity contribution in [2.45, 2.75) is 31.7 Å². The van der Waals surface area contributed by atoms with Crippen molar-refractivity contribution < 1.29 is 50.9 Å². The number of benzene rings is 1. The zero-order valence-corrected chi connectivity index (χ0v) is 19.5. The molecule has 11 nitrogen and oxygen atoms in total. The number of amides is 2. The van der Waals surface area contributed by atoms with Gasteiger partial charge in [0.05, 0.1) is 0 Å². The van der Waals surface area contributed by atoms with Crippen molar-refractivity contribution >= 4 is 40.4 Å². The van der Waals surface area contributed by atoms with Crippen LogP contribution in [0.25, 0.3) is 0 Å². The maximum atomic E-state index is 11.7. The summed E-state index contributed by atoms with van der Waals surface area (Å²) in [6, 6.07) is 9.26. The van der Waals surface area contributed by atoms with E-state index in [1.54, 1.807) is 6.20 Å². The summed E-state index contributed by atoms with van der Waals surface area (Å²) in [6.45, 7) is 0.968. The Kier molecular flexibility index (Phi) is 14.1. The minimum absolute atomic E-state index is 0.111. The SMILES string of the molecule is NC(=NCCCc1cnc(N)s1)NC(=O)NCc1ccccc1.O=C(O)C(F)(F)F.O=C(O)C(F)(F)F. The number of carbonyl (C=O) groups is 3. The first-order valence-corrected chi connectivity index (χ1v) is 10.5. The highest BCUT2D eigenvalue weighted by Gasteiger charge is 2.38. The van der Waals surface area contributed by atoms with Gasteiger partial charge in [0.15, 0.2) is 11.1 Å². The van der Waals surface area contributed by atoms with Crippen LogP contribution in [0.1, 0.15) is 16.9 Å². The Morgan fingerprint density at radius 2 is 1.51 bits per heavy atom. The second kappa shape index (κ2) is 15.8. The predicted molar refractivity (Wildman–Crippen MR) is 121 cm³/mol. The lowest BCUT2D eigenvalue weighted by Crippen LogP contribution is -2.43. The van der Waals surface area contributed by atoms with Crippen LogP contribution in [0.15, 0.2) is 41.5 Å². The summed E-state index contributed by atoms with van der Waals surface area (Å²) < 4.78 is 63.5. The number of aromatic nitrogens is 1. The van der Waals surface area contributed by atoms with E-state index in [9.17, 15) is 31.1 Å². The van der Waals surface area contributed by atoms with Gasteiger partial charge in [0.2, 0.25) is 0 Å². The molecule has 0 aliphatic carbocycles. The molecule has 0 radical (unpaired) electrons. The standard InChI is InChI=1S/C15H20N6OS.2C2HF3O2/c16-13(18-8-4-7-12-10-19-14(17)23-12)21-15(22)20-9-11-5-2-1-3-6-11;2*3-2(4,5)1(6)7/h1-3,5-6,10H,4,7-9H2,(H2,17,19)(H4,16,18,20,21,22);2*(H,6,7). The average molecular weight is 560 g/mol. The fraction of sp³-hybridized carbons (Fsp3) is 0.316. The number of nitrogens with two attached hydrogens (primary N) is 2. The number of anilines is 1. The van der Waals surface area contributed by atoms with Gasteiger partial charge in [0.25, 0.3) is 0 Å². The third-order valence-electron chi connectivity index (χ3n) is 3.46. The van der Waals surface area contributed by atoms with Crippen LogP contribution < -0.4 is 22.1 Å². The van der Waals surface area contributed by atoms with E-state index in [4.69, 9.17) is 31.3 Å². The molecule has 0 fully saturated rings. The van der Waals surface area contributed by atoms with Crippen molar-refractivity contribution in [1.82, 2.24) is 15.6 Å². The highest BCUT2D eigenvalue weighted by atomic mass is 32.1. The molecule has 18 heteroatoms. The van der Waals surface area contributed by atoms with Crippen molar-refractivity contribution in [3.05, 3.63) is 47.0 Å². The summed E-state index contributed by atoms with van der Waals surface area (Å²) in [5, 5.41) is 20.0. The lowest BCUT2D eigenvalue weighted by molar-refractivity contribution is -0.193. The summed E-state index contributed by atoms with van der Waals surface area (Å²) in [5.74, 6) is -5.40. The number of halogens is 6. The number of carboxylic acid groups (broad SMARTS) is 2. The van der Waals surface area contributed by atoms with E-state index in [2.05, 4.69) is 20.6 Å². The van der Waals surface area contributed by atoms with E-state index in [0.29, 0.717) is 18.2 Å². The lowest BCUT2D eigenvalue weighted by atomic mass is 10.2. The van der Waals surface area contributed by atoms with Crippen LogP contribution >= 0.6 is 11.3 Å². The van der Waals surface area contributed by atoms with Gasteiger partial charge in [-0.2, -0.15) is 26.3 Å². The summed E-state index contributed by atoms with van der Waals surface area (Å²) in [4.78, 5) is 38.7. The first-order chi connectivity index (χ1) is 17.0. The number of urea groups is 1. The van der Waals surface area contributed by atoms with Gasteiger partial charge in [-0.25, -0.2) is 19.4 Å². The number of nitrogens with one attached hydrogen (secondary N) is 2. The van der Waals surface area contributed by atoms with Gasteiger partial charge < -0.3 is 27.0 Å². The highest BCUT2D eigenvalue weighted by molar-refractivity contribution is 7.15. The number of aliphatic carboxylic acids is 2. The van der Waals surface area contributed by atoms with E-state index in [0.717, 1.165) is 23.3 Å². The molecule has 2 rings (SSSR count). The molecule has 8 N–H and O–H groups in total. The highest BCUT2D eigenvalue weighted by Crippen LogP contribution is 2.16. The Labute approximate surface area is 209 Å². The number of hydrogen-bond acceptors (Lipinski definition) is 7. The maximum Gasteiger partial charge on any atom is 0.490 e. The van der Waals surface area contributed by atoms with E-state index in [1.165, 1.54) is 11.3 Å². The molecule has 0 aliphatic rings. The maximum absolute atomic E-state index is 11.7. The van der Waals surface area contributed by atoms with E-state index in [1.807, 2.05) is 30.3 Å². The number of nitrogen functional groups attached to an aromatic ring is 1. The predicted octanol–water partition coefficient (Wildman–Crippen LogP) is 2.74. The van der Waals surface area contributed by atoms with Gasteiger partial charge in [0.1, 0.15) is 0 Å². The zero-order valence-electron chi connectivity index (χ0n) is 18.6. The van der Waals surface area contributed by atoms with Crippen molar-refractivity contribution in [2.75, 3.05) is 12.3 Å². The van der Waals surface area contributed by atoms with Gasteiger partial charge in [0, 0.05) is 24.2 Å². The molecule has 1 heterocycles. The number of carbonyl (C=O) groups excluding carboxylic acids is 1. The Balaban J connectivity index is 0.000000761. The molecule has 0 spiro atoms. The molecular formula is C19H22F6N6O5S. The van der Waals surface area contributed by atoms with Crippen LogP contribution in [0.4, 0.5) is 36.3 Å². The second-order valence-electron chi connectivity index (χ2n) is 6.43. The molecule has 37 heavy (non-hydrogen) atoms. The van der Waals surface area contributed by atoms with E-state index >= 15 is 0 Å². The van der Waals surface area contributed by atoms with Crippen molar-refractivity contribution in [3.8, 4) is 0 Å². The minimum Gasteiger partial charge on any atom is -0.475 e. The number of aliphatic imine (C=N–C) groups is 1. The first-order valence-electron chi connectivity index (χ1n) is 9.71. The number of rotatable bonds is 6. The molecule has 0 atom stereocenters. The van der Waals surface area contributed by atoms with Gasteiger partial charge in [-0.1, -0.05) is 30.3 Å². The number of alkyl halides is 6. The van der Waals surface area contributed by atoms with Gasteiger partial charge in [-0.15, -0.1) is 11.3 Å². The van der Waals surface area contributed by atoms with Crippen LogP contribution in [-0.4, -0.2) is 58.0 Å². The molecule has 0 aliphatic heterocycles. The van der Waals surface area contributed by atoms with Crippen LogP contribution in [0.5, 0.6) is 0 Å². The molecule has 2 aromatic rings. The Morgan fingerprint density at radius 3 is 1.95 bits per heavy atom. The number of hydrogen-bond donors (Lipinski definition) is 6. The van der Waals surface area contributed by atoms with Crippen molar-refractivity contribution in [2.24, 2.45) is 10.7 Å². The number of carboxylic acids is 2. The van der Waals surface area contributed by atoms with Crippen molar-refractivity contribution in [3.63, 3.8) is 0 Å². The molecule has 0 saturated carbocycles. The monoisotopic (exact) mass is 560 g/mol. The molecule has 1 aromatic carbocycles. The summed E-state index contributed by atoms with van der Waals surface area (Å²) in [5.41, 5.74) is 12.3. The fourth-order valence-corrected chi connectivity index (χ4v) is 2.60. The van der Waals surface area contributed by atoms with Gasteiger partial charge >= 0.3 is 30.3 Å². The topological polar surface area (TPSA) is 193 Å². The molecule has 1 aromatic heterocycles. The van der Waals surface area contributed by atoms with Crippen LogP contribution in [0, 0.1) is 0 Å². The van der Waals surface area contributed by atoms with Gasteiger partial charge in [-0.3, -0.25) is 10.3 Å². The molecule has 2 amide bonds. The first kappa shape index (κ1) is 32.9. The average Bonchev–Trinajstić information content (AvgIpc) is 3.20. The number of thiazole rings is 1. The smallest absolute Gasteiger partial charge is 0.475 e. The fourth-order valence-electron chi connectivity index (χ4n) is 1.87. The summed E-state index contributed by atoms with van der Waals surface area (Å²) in [6.07, 6.45) is -6.75. The molecule has 206 valence electrons. The number of aryl methyl sites for hydroxylation is 1. The second-order valence-corrected chi connectivity index (χ2v) is 7.58. The molecule has 0 bridgehead atoms. The van der Waals surface area contributed by atoms with Crippen LogP contribution in [0.3, 0.4) is 0 Å². The Morgan fingerprint density at radius 1 is 1.00 bits per heavy atom. The lowest BCUT2D eigenvalue weighted by Gasteiger charge is -2.07. The third-order valence-corrected chi connectivity index (χ3v) is 4.34. The van der Waals surface area contributed by atoms with Crippen LogP contribution in [0.2, 0.25) is 0 Å². The zero-order chi connectivity index (χ0) is 28.6.